The van der Waals surface area contributed by atoms with E-state index in [0.29, 0.717) is 13.1 Å². The fraction of sp³-hybridized carbons (Fsp3) is 0.800. The molecule has 0 radical (unpaired) electrons. The predicted octanol–water partition coefficient (Wildman–Crippen LogP) is 4.64. The van der Waals surface area contributed by atoms with Crippen LogP contribution >= 0.6 is 0 Å². The van der Waals surface area contributed by atoms with E-state index in [1.165, 1.54) is 57.8 Å². The van der Waals surface area contributed by atoms with E-state index in [1.54, 1.807) is 0 Å². The van der Waals surface area contributed by atoms with E-state index < -0.39 is 0 Å². The lowest BCUT2D eigenvalue weighted by Gasteiger charge is -1.99. The lowest BCUT2D eigenvalue weighted by Crippen LogP contribution is -1.91. The summed E-state index contributed by atoms with van der Waals surface area (Å²) in [5, 5.41) is 0. The third kappa shape index (κ3) is 15.2. The first kappa shape index (κ1) is 16.2. The van der Waals surface area contributed by atoms with Crippen LogP contribution in [0.1, 0.15) is 71.1 Å². The molecule has 2 nitrogen and oxygen atoms in total. The van der Waals surface area contributed by atoms with Crippen LogP contribution in [-0.4, -0.2) is 13.1 Å². The van der Waals surface area contributed by atoms with Gasteiger partial charge in [0.1, 0.15) is 0 Å². The summed E-state index contributed by atoms with van der Waals surface area (Å²) in [6.45, 7) is 3.36. The molecule has 2 heteroatoms. The van der Waals surface area contributed by atoms with Crippen LogP contribution in [0.5, 0.6) is 0 Å². The van der Waals surface area contributed by atoms with E-state index in [1.807, 2.05) is 0 Å². The Kier molecular flexibility index (Phi) is 14.5. The number of hydrogen-bond donors (Lipinski definition) is 0. The van der Waals surface area contributed by atoms with Crippen LogP contribution < -0.4 is 0 Å². The summed E-state index contributed by atoms with van der Waals surface area (Å²) in [5.74, 6) is 0. The predicted molar refractivity (Wildman–Crippen MR) is 73.0 cm³/mol. The highest BCUT2D eigenvalue weighted by molar-refractivity contribution is 5.36. The summed E-state index contributed by atoms with van der Waals surface area (Å²) >= 11 is 0. The molecule has 0 heterocycles. The van der Waals surface area contributed by atoms with E-state index >= 15 is 0 Å². The maximum atomic E-state index is 9.88. The topological polar surface area (TPSA) is 26.3 Å². The fourth-order valence-corrected chi connectivity index (χ4v) is 1.77. The van der Waals surface area contributed by atoms with E-state index in [2.05, 4.69) is 23.8 Å². The van der Waals surface area contributed by atoms with Gasteiger partial charge in [0.05, 0.1) is 6.61 Å². The van der Waals surface area contributed by atoms with Gasteiger partial charge >= 0.3 is 0 Å². The van der Waals surface area contributed by atoms with Crippen LogP contribution in [0.4, 0.5) is 0 Å². The average molecular weight is 240 g/mol. The first-order valence-corrected chi connectivity index (χ1v) is 7.12. The van der Waals surface area contributed by atoms with Gasteiger partial charge in [0.25, 0.3) is 6.47 Å². The Bertz CT molecular complexity index is 176. The van der Waals surface area contributed by atoms with Crippen molar-refractivity contribution in [1.82, 2.24) is 0 Å². The summed E-state index contributed by atoms with van der Waals surface area (Å²) in [6, 6.07) is 0. The molecule has 0 aromatic carbocycles. The second-order valence-electron chi connectivity index (χ2n) is 4.49. The highest BCUT2D eigenvalue weighted by atomic mass is 16.5. The van der Waals surface area contributed by atoms with Crippen molar-refractivity contribution in [3.8, 4) is 0 Å². The minimum Gasteiger partial charge on any atom is -0.468 e. The van der Waals surface area contributed by atoms with Crippen molar-refractivity contribution in [3.63, 3.8) is 0 Å². The third-order valence-corrected chi connectivity index (χ3v) is 2.84. The summed E-state index contributed by atoms with van der Waals surface area (Å²) < 4.78 is 4.63. The third-order valence-electron chi connectivity index (χ3n) is 2.84. The molecule has 17 heavy (non-hydrogen) atoms. The maximum Gasteiger partial charge on any atom is 0.293 e. The van der Waals surface area contributed by atoms with E-state index in [4.69, 9.17) is 0 Å². The first-order valence-electron chi connectivity index (χ1n) is 7.12. The average Bonchev–Trinajstić information content (AvgIpc) is 2.35. The molecule has 0 spiro atoms. The monoisotopic (exact) mass is 240 g/mol. The maximum absolute atomic E-state index is 9.88. The summed E-state index contributed by atoms with van der Waals surface area (Å²) in [6.07, 6.45) is 17.1. The quantitative estimate of drug-likeness (QED) is 0.266. The van der Waals surface area contributed by atoms with Crippen molar-refractivity contribution >= 4 is 6.47 Å². The summed E-state index contributed by atoms with van der Waals surface area (Å²) in [5.41, 5.74) is 0. The van der Waals surface area contributed by atoms with Crippen LogP contribution in [0, 0.1) is 0 Å². The number of unbranched alkanes of at least 4 members (excludes halogenated alkanes) is 8. The molecule has 0 aromatic heterocycles. The lowest BCUT2D eigenvalue weighted by molar-refractivity contribution is -0.128. The Balaban J connectivity index is 2.99. The van der Waals surface area contributed by atoms with Crippen molar-refractivity contribution in [2.45, 2.75) is 71.1 Å². The van der Waals surface area contributed by atoms with Crippen molar-refractivity contribution in [2.24, 2.45) is 0 Å². The number of allylic oxidation sites excluding steroid dienone is 2. The molecular formula is C15H28O2. The zero-order valence-electron chi connectivity index (χ0n) is 11.3. The Labute approximate surface area is 106 Å². The molecule has 0 aliphatic heterocycles. The SMILES string of the molecule is CCCCC/C=C\CCCCCCCOC=O. The Morgan fingerprint density at radius 3 is 2.06 bits per heavy atom. The second-order valence-corrected chi connectivity index (χ2v) is 4.49. The number of hydrogen-bond acceptors (Lipinski definition) is 2. The van der Waals surface area contributed by atoms with Crippen molar-refractivity contribution in [1.29, 1.82) is 0 Å². The molecule has 0 fully saturated rings. The van der Waals surface area contributed by atoms with Crippen molar-refractivity contribution < 1.29 is 9.53 Å². The fourth-order valence-electron chi connectivity index (χ4n) is 1.77. The van der Waals surface area contributed by atoms with Crippen LogP contribution in [0.25, 0.3) is 0 Å². The first-order chi connectivity index (χ1) is 8.41. The number of ether oxygens (including phenoxy) is 1. The van der Waals surface area contributed by atoms with Gasteiger partial charge in [-0.15, -0.1) is 0 Å². The lowest BCUT2D eigenvalue weighted by atomic mass is 10.1. The van der Waals surface area contributed by atoms with Gasteiger partial charge in [-0.1, -0.05) is 51.2 Å². The number of carbonyl (C=O) groups excluding carboxylic acids is 1. The minimum atomic E-state index is 0.531. The molecule has 0 rings (SSSR count). The molecule has 0 saturated carbocycles. The number of carbonyl (C=O) groups is 1. The highest BCUT2D eigenvalue weighted by Gasteiger charge is 1.90. The van der Waals surface area contributed by atoms with Gasteiger partial charge in [-0.3, -0.25) is 4.79 Å². The van der Waals surface area contributed by atoms with Gasteiger partial charge in [-0.25, -0.2) is 0 Å². The van der Waals surface area contributed by atoms with Crippen LogP contribution in [-0.2, 0) is 9.53 Å². The smallest absolute Gasteiger partial charge is 0.293 e. The minimum absolute atomic E-state index is 0.531. The molecule has 0 aromatic rings. The molecular weight excluding hydrogens is 212 g/mol. The second kappa shape index (κ2) is 15.2. The van der Waals surface area contributed by atoms with E-state index in [-0.39, 0.29) is 0 Å². The normalized spacial score (nSPS) is 10.9. The van der Waals surface area contributed by atoms with Crippen LogP contribution in [0.2, 0.25) is 0 Å². The molecule has 0 bridgehead atoms. The van der Waals surface area contributed by atoms with Gasteiger partial charge in [-0.05, 0) is 32.1 Å². The van der Waals surface area contributed by atoms with Gasteiger partial charge < -0.3 is 4.74 Å². The molecule has 0 aliphatic carbocycles. The molecule has 0 saturated heterocycles. The van der Waals surface area contributed by atoms with Crippen LogP contribution in [0.15, 0.2) is 12.2 Å². The van der Waals surface area contributed by atoms with Crippen LogP contribution in [0.3, 0.4) is 0 Å². The highest BCUT2D eigenvalue weighted by Crippen LogP contribution is 2.07. The van der Waals surface area contributed by atoms with Crippen molar-refractivity contribution in [2.75, 3.05) is 6.61 Å². The zero-order valence-corrected chi connectivity index (χ0v) is 11.3. The molecule has 0 aliphatic rings. The molecule has 0 unspecified atom stereocenters. The van der Waals surface area contributed by atoms with E-state index in [9.17, 15) is 4.79 Å². The Morgan fingerprint density at radius 1 is 0.824 bits per heavy atom. The molecule has 0 amide bonds. The summed E-state index contributed by atoms with van der Waals surface area (Å²) in [7, 11) is 0. The van der Waals surface area contributed by atoms with Crippen molar-refractivity contribution in [3.05, 3.63) is 12.2 Å². The standard InChI is InChI=1S/C15H28O2/c1-2-3-4-5-6-7-8-9-10-11-12-13-14-17-15-16/h6-7,15H,2-5,8-14H2,1H3/b7-6-. The molecule has 0 N–H and O–H groups in total. The van der Waals surface area contributed by atoms with E-state index in [0.717, 1.165) is 6.42 Å². The van der Waals surface area contributed by atoms with Gasteiger partial charge in [0.15, 0.2) is 0 Å². The number of rotatable bonds is 13. The molecule has 0 atom stereocenters. The summed E-state index contributed by atoms with van der Waals surface area (Å²) in [4.78, 5) is 9.88. The molecule has 100 valence electrons. The zero-order chi connectivity index (χ0) is 12.6. The largest absolute Gasteiger partial charge is 0.468 e. The van der Waals surface area contributed by atoms with Gasteiger partial charge in [0.2, 0.25) is 0 Å². The van der Waals surface area contributed by atoms with Gasteiger partial charge in [-0.2, -0.15) is 0 Å². The Morgan fingerprint density at radius 2 is 1.41 bits per heavy atom. The van der Waals surface area contributed by atoms with Gasteiger partial charge in [0, 0.05) is 0 Å². The Hall–Kier alpha value is -0.790.